The molecule has 0 unspecified atom stereocenters. The molecular formula is C28H37N5O4S. The smallest absolute Gasteiger partial charge is 0.289 e. The van der Waals surface area contributed by atoms with E-state index < -0.39 is 0 Å². The van der Waals surface area contributed by atoms with Gasteiger partial charge in [0, 0.05) is 37.9 Å². The van der Waals surface area contributed by atoms with Crippen LogP contribution in [0.4, 0.5) is 0 Å². The predicted octanol–water partition coefficient (Wildman–Crippen LogP) is 4.13. The second-order valence-electron chi connectivity index (χ2n) is 9.86. The standard InChI is InChI=1S/C28H37N5O4S/c1-19(2)22-16-23(25(35)17-24(22)34)26-30-31-27(28(36)29-10-4-3-5-15-38)33(26)21-8-6-20(7-9-21)18-32-11-13-37-14-12-32/h6-9,16-17,19,34-35,38H,3-5,10-15,18H2,1-2H3,(H,29,36). The highest BCUT2D eigenvalue weighted by molar-refractivity contribution is 7.80. The molecule has 1 fully saturated rings. The van der Waals surface area contributed by atoms with Crippen molar-refractivity contribution in [2.75, 3.05) is 38.6 Å². The number of amides is 1. The minimum atomic E-state index is -0.339. The summed E-state index contributed by atoms with van der Waals surface area (Å²) in [7, 11) is 0. The first-order valence-corrected chi connectivity index (χ1v) is 13.8. The fourth-order valence-electron chi connectivity index (χ4n) is 4.55. The molecule has 204 valence electrons. The van der Waals surface area contributed by atoms with Gasteiger partial charge in [-0.25, -0.2) is 0 Å². The molecule has 9 nitrogen and oxygen atoms in total. The zero-order valence-electron chi connectivity index (χ0n) is 22.1. The summed E-state index contributed by atoms with van der Waals surface area (Å²) in [6, 6.07) is 11.0. The molecule has 3 N–H and O–H groups in total. The number of morpholine rings is 1. The first kappa shape index (κ1) is 27.9. The van der Waals surface area contributed by atoms with E-state index in [1.807, 2.05) is 38.1 Å². The molecule has 2 heterocycles. The topological polar surface area (TPSA) is 113 Å². The third-order valence-corrected chi connectivity index (χ3v) is 7.02. The Kier molecular flexibility index (Phi) is 9.65. The highest BCUT2D eigenvalue weighted by Crippen LogP contribution is 2.38. The molecule has 1 aromatic heterocycles. The van der Waals surface area contributed by atoms with E-state index in [4.69, 9.17) is 4.74 Å². The van der Waals surface area contributed by atoms with Crippen LogP contribution >= 0.6 is 12.6 Å². The number of hydrogen-bond acceptors (Lipinski definition) is 8. The number of aromatic hydroxyl groups is 2. The van der Waals surface area contributed by atoms with Crippen molar-refractivity contribution in [2.24, 2.45) is 0 Å². The molecule has 2 aromatic carbocycles. The number of phenolic OH excluding ortho intramolecular Hbond substituents is 2. The van der Waals surface area contributed by atoms with E-state index in [2.05, 4.69) is 33.0 Å². The quantitative estimate of drug-likeness (QED) is 0.214. The van der Waals surface area contributed by atoms with Crippen molar-refractivity contribution in [3.05, 3.63) is 53.3 Å². The number of unbranched alkanes of at least 4 members (excludes halogenated alkanes) is 2. The minimum Gasteiger partial charge on any atom is -0.508 e. The number of ether oxygens (including phenoxy) is 1. The van der Waals surface area contributed by atoms with Gasteiger partial charge in [-0.3, -0.25) is 14.3 Å². The van der Waals surface area contributed by atoms with E-state index in [0.29, 0.717) is 29.2 Å². The molecule has 1 aliphatic rings. The first-order chi connectivity index (χ1) is 18.4. The molecule has 0 aliphatic carbocycles. The fourth-order valence-corrected chi connectivity index (χ4v) is 4.77. The van der Waals surface area contributed by atoms with E-state index in [0.717, 1.165) is 63.4 Å². The third kappa shape index (κ3) is 6.67. The Hall–Kier alpha value is -3.08. The molecule has 1 aliphatic heterocycles. The zero-order chi connectivity index (χ0) is 27.1. The van der Waals surface area contributed by atoms with Crippen LogP contribution in [-0.2, 0) is 11.3 Å². The summed E-state index contributed by atoms with van der Waals surface area (Å²) >= 11 is 4.24. The number of carbonyl (C=O) groups is 1. The molecule has 0 spiro atoms. The van der Waals surface area contributed by atoms with Gasteiger partial charge in [-0.2, -0.15) is 12.6 Å². The molecule has 4 rings (SSSR count). The Morgan fingerprint density at radius 1 is 1.05 bits per heavy atom. The number of hydrogen-bond donors (Lipinski definition) is 4. The lowest BCUT2D eigenvalue weighted by Crippen LogP contribution is -2.35. The van der Waals surface area contributed by atoms with Crippen molar-refractivity contribution < 1.29 is 19.7 Å². The summed E-state index contributed by atoms with van der Waals surface area (Å²) in [4.78, 5) is 15.5. The maximum Gasteiger partial charge on any atom is 0.289 e. The van der Waals surface area contributed by atoms with Crippen molar-refractivity contribution in [1.29, 1.82) is 0 Å². The average molecular weight is 540 g/mol. The monoisotopic (exact) mass is 539 g/mol. The third-order valence-electron chi connectivity index (χ3n) is 6.70. The van der Waals surface area contributed by atoms with Gasteiger partial charge in [0.25, 0.3) is 5.91 Å². The molecule has 0 saturated carbocycles. The number of rotatable bonds is 11. The van der Waals surface area contributed by atoms with Gasteiger partial charge in [0.05, 0.1) is 18.8 Å². The highest BCUT2D eigenvalue weighted by Gasteiger charge is 2.24. The number of aromatic nitrogens is 3. The van der Waals surface area contributed by atoms with Crippen molar-refractivity contribution >= 4 is 18.5 Å². The first-order valence-electron chi connectivity index (χ1n) is 13.2. The largest absolute Gasteiger partial charge is 0.508 e. The van der Waals surface area contributed by atoms with E-state index >= 15 is 0 Å². The minimum absolute atomic E-state index is 0.0129. The van der Waals surface area contributed by atoms with E-state index in [1.54, 1.807) is 10.6 Å². The normalized spacial score (nSPS) is 14.2. The number of carbonyl (C=O) groups excluding carboxylic acids is 1. The number of phenols is 2. The highest BCUT2D eigenvalue weighted by atomic mass is 32.1. The predicted molar refractivity (Wildman–Crippen MR) is 150 cm³/mol. The maximum absolute atomic E-state index is 13.2. The molecule has 0 radical (unpaired) electrons. The molecule has 3 aromatic rings. The Morgan fingerprint density at radius 2 is 1.79 bits per heavy atom. The second kappa shape index (κ2) is 13.1. The van der Waals surface area contributed by atoms with Crippen LogP contribution in [0.25, 0.3) is 17.1 Å². The summed E-state index contributed by atoms with van der Waals surface area (Å²) in [5.41, 5.74) is 2.91. The molecule has 10 heteroatoms. The van der Waals surface area contributed by atoms with Crippen LogP contribution in [0.2, 0.25) is 0 Å². The van der Waals surface area contributed by atoms with Crippen molar-refractivity contribution in [2.45, 2.75) is 45.6 Å². The van der Waals surface area contributed by atoms with Gasteiger partial charge in [0.1, 0.15) is 11.5 Å². The number of nitrogens with one attached hydrogen (secondary N) is 1. The van der Waals surface area contributed by atoms with Gasteiger partial charge in [-0.15, -0.1) is 10.2 Å². The van der Waals surface area contributed by atoms with Gasteiger partial charge < -0.3 is 20.3 Å². The van der Waals surface area contributed by atoms with Gasteiger partial charge in [0.2, 0.25) is 5.82 Å². The lowest BCUT2D eigenvalue weighted by atomic mass is 9.98. The summed E-state index contributed by atoms with van der Waals surface area (Å²) in [5, 5.41) is 32.6. The lowest BCUT2D eigenvalue weighted by Gasteiger charge is -2.26. The summed E-state index contributed by atoms with van der Waals surface area (Å²) < 4.78 is 7.11. The molecule has 1 amide bonds. The van der Waals surface area contributed by atoms with Crippen LogP contribution in [0.1, 0.15) is 60.8 Å². The maximum atomic E-state index is 13.2. The number of thiol groups is 1. The van der Waals surface area contributed by atoms with Crippen molar-refractivity contribution in [3.8, 4) is 28.6 Å². The van der Waals surface area contributed by atoms with Gasteiger partial charge in [-0.05, 0) is 53.8 Å². The van der Waals surface area contributed by atoms with Gasteiger partial charge >= 0.3 is 0 Å². The summed E-state index contributed by atoms with van der Waals surface area (Å²) in [5.74, 6) is 0.836. The van der Waals surface area contributed by atoms with Crippen molar-refractivity contribution in [1.82, 2.24) is 25.0 Å². The Labute approximate surface area is 229 Å². The Morgan fingerprint density at radius 3 is 2.47 bits per heavy atom. The summed E-state index contributed by atoms with van der Waals surface area (Å²) in [6.07, 6.45) is 2.82. The van der Waals surface area contributed by atoms with Crippen LogP contribution in [0.3, 0.4) is 0 Å². The van der Waals surface area contributed by atoms with Gasteiger partial charge in [-0.1, -0.05) is 32.4 Å². The number of nitrogens with zero attached hydrogens (tertiary/aromatic N) is 4. The Balaban J connectivity index is 1.68. The van der Waals surface area contributed by atoms with Gasteiger partial charge in [0.15, 0.2) is 5.82 Å². The van der Waals surface area contributed by atoms with Crippen LogP contribution < -0.4 is 5.32 Å². The molecule has 0 atom stereocenters. The van der Waals surface area contributed by atoms with E-state index in [9.17, 15) is 15.0 Å². The van der Waals surface area contributed by atoms with Crippen LogP contribution in [0.5, 0.6) is 11.5 Å². The molecule has 1 saturated heterocycles. The van der Waals surface area contributed by atoms with E-state index in [1.165, 1.54) is 6.07 Å². The van der Waals surface area contributed by atoms with E-state index in [-0.39, 0.29) is 29.1 Å². The molecule has 0 bridgehead atoms. The van der Waals surface area contributed by atoms with Crippen LogP contribution in [0.15, 0.2) is 36.4 Å². The summed E-state index contributed by atoms with van der Waals surface area (Å²) in [6.45, 7) is 8.53. The molecule has 38 heavy (non-hydrogen) atoms. The average Bonchev–Trinajstić information content (AvgIpc) is 3.34. The molecular weight excluding hydrogens is 502 g/mol. The lowest BCUT2D eigenvalue weighted by molar-refractivity contribution is 0.0342. The zero-order valence-corrected chi connectivity index (χ0v) is 23.0. The second-order valence-corrected chi connectivity index (χ2v) is 10.3. The Bertz CT molecular complexity index is 1220. The van der Waals surface area contributed by atoms with Crippen LogP contribution in [0, 0.1) is 0 Å². The van der Waals surface area contributed by atoms with Crippen molar-refractivity contribution in [3.63, 3.8) is 0 Å². The number of benzene rings is 2. The SMILES string of the molecule is CC(C)c1cc(-c2nnc(C(=O)NCCCCCS)n2-c2ccc(CN3CCOCC3)cc2)c(O)cc1O. The fraction of sp³-hybridized carbons (Fsp3) is 0.464. The van der Waals surface area contributed by atoms with Crippen LogP contribution in [-0.4, -0.2) is 74.4 Å².